The number of fused-ring (bicyclic) bond motifs is 2. The predicted molar refractivity (Wildman–Crippen MR) is 129 cm³/mol. The minimum atomic E-state index is -0.674. The molecule has 3 aromatic rings. The van der Waals surface area contributed by atoms with Gasteiger partial charge in [0.25, 0.3) is 11.8 Å². The van der Waals surface area contributed by atoms with Gasteiger partial charge in [-0.3, -0.25) is 29.5 Å². The first-order chi connectivity index (χ1) is 17.9. The van der Waals surface area contributed by atoms with E-state index < -0.39 is 11.9 Å². The van der Waals surface area contributed by atoms with Crippen LogP contribution in [0.25, 0.3) is 5.69 Å². The zero-order valence-electron chi connectivity index (χ0n) is 20.3. The number of carbonyl (C=O) groups excluding carboxylic acids is 4. The Balaban J connectivity index is 1.22. The fourth-order valence-electron chi connectivity index (χ4n) is 5.43. The van der Waals surface area contributed by atoms with Crippen LogP contribution >= 0.6 is 0 Å². The monoisotopic (exact) mass is 499 g/mol. The Bertz CT molecular complexity index is 1450. The molecule has 0 bridgehead atoms. The highest BCUT2D eigenvalue weighted by atomic mass is 16.2. The molecule has 6 rings (SSSR count). The van der Waals surface area contributed by atoms with Crippen LogP contribution in [0.4, 0.5) is 0 Å². The van der Waals surface area contributed by atoms with Crippen molar-refractivity contribution in [3.8, 4) is 5.69 Å². The topological polar surface area (TPSA) is 130 Å². The van der Waals surface area contributed by atoms with E-state index in [2.05, 4.69) is 20.6 Å². The van der Waals surface area contributed by atoms with Crippen molar-refractivity contribution in [1.29, 1.82) is 0 Å². The molecule has 4 amide bonds. The van der Waals surface area contributed by atoms with Gasteiger partial charge < -0.3 is 9.80 Å². The minimum absolute atomic E-state index is 0.131. The van der Waals surface area contributed by atoms with Crippen molar-refractivity contribution in [3.63, 3.8) is 0 Å². The molecule has 5 heterocycles. The Morgan fingerprint density at radius 3 is 2.84 bits per heavy atom. The number of rotatable bonds is 3. The number of aryl methyl sites for hydroxylation is 1. The van der Waals surface area contributed by atoms with E-state index in [-0.39, 0.29) is 42.4 Å². The highest BCUT2D eigenvalue weighted by molar-refractivity contribution is 6.05. The van der Waals surface area contributed by atoms with E-state index in [0.29, 0.717) is 24.2 Å². The summed E-state index contributed by atoms with van der Waals surface area (Å²) in [6.45, 7) is 2.85. The van der Waals surface area contributed by atoms with Crippen LogP contribution in [0, 0.1) is 0 Å². The Morgan fingerprint density at radius 1 is 1.14 bits per heavy atom. The van der Waals surface area contributed by atoms with E-state index in [1.165, 1.54) is 9.58 Å². The highest BCUT2D eigenvalue weighted by Crippen LogP contribution is 2.30. The molecule has 0 aliphatic carbocycles. The van der Waals surface area contributed by atoms with Gasteiger partial charge in [-0.25, -0.2) is 4.68 Å². The van der Waals surface area contributed by atoms with Crippen molar-refractivity contribution in [2.75, 3.05) is 6.54 Å². The zero-order valence-corrected chi connectivity index (χ0v) is 20.3. The fraction of sp³-hybridized carbons (Fsp3) is 0.346. The summed E-state index contributed by atoms with van der Waals surface area (Å²) >= 11 is 0. The summed E-state index contributed by atoms with van der Waals surface area (Å²) in [5.41, 5.74) is 4.22. The maximum absolute atomic E-state index is 13.4. The van der Waals surface area contributed by atoms with Crippen LogP contribution in [0.3, 0.4) is 0 Å². The van der Waals surface area contributed by atoms with Crippen molar-refractivity contribution in [2.24, 2.45) is 0 Å². The lowest BCUT2D eigenvalue weighted by Gasteiger charge is -2.29. The third-order valence-electron chi connectivity index (χ3n) is 7.40. The lowest BCUT2D eigenvalue weighted by Crippen LogP contribution is -2.52. The molecule has 11 heteroatoms. The molecule has 2 aromatic heterocycles. The maximum Gasteiger partial charge on any atom is 0.276 e. The van der Waals surface area contributed by atoms with Crippen molar-refractivity contribution in [3.05, 3.63) is 70.8 Å². The summed E-state index contributed by atoms with van der Waals surface area (Å²) in [4.78, 5) is 57.9. The number of pyridine rings is 1. The van der Waals surface area contributed by atoms with Crippen LogP contribution in [0.5, 0.6) is 0 Å². The van der Waals surface area contributed by atoms with Gasteiger partial charge in [-0.15, -0.1) is 5.10 Å². The molecule has 1 fully saturated rings. The second-order valence-electron chi connectivity index (χ2n) is 9.61. The minimum Gasteiger partial charge on any atom is -0.330 e. The Labute approximate surface area is 212 Å². The second-order valence-corrected chi connectivity index (χ2v) is 9.61. The van der Waals surface area contributed by atoms with Crippen molar-refractivity contribution < 1.29 is 19.2 Å². The zero-order chi connectivity index (χ0) is 25.7. The number of carbonyl (C=O) groups is 4. The molecular weight excluding hydrogens is 474 g/mol. The van der Waals surface area contributed by atoms with Gasteiger partial charge in [-0.05, 0) is 61.6 Å². The average Bonchev–Trinajstić information content (AvgIpc) is 3.47. The van der Waals surface area contributed by atoms with E-state index in [4.69, 9.17) is 0 Å². The molecule has 3 aliphatic heterocycles. The second kappa shape index (κ2) is 8.91. The molecule has 2 unspecified atom stereocenters. The fourth-order valence-corrected chi connectivity index (χ4v) is 5.43. The average molecular weight is 500 g/mol. The summed E-state index contributed by atoms with van der Waals surface area (Å²) in [6, 6.07) is 8.35. The highest BCUT2D eigenvalue weighted by Gasteiger charge is 2.39. The van der Waals surface area contributed by atoms with E-state index in [1.54, 1.807) is 29.4 Å². The van der Waals surface area contributed by atoms with E-state index >= 15 is 0 Å². The third kappa shape index (κ3) is 3.96. The van der Waals surface area contributed by atoms with Crippen LogP contribution in [0.15, 0.2) is 42.7 Å². The number of nitrogens with one attached hydrogen (secondary N) is 1. The van der Waals surface area contributed by atoms with Crippen LogP contribution in [0.2, 0.25) is 0 Å². The Morgan fingerprint density at radius 2 is 2.00 bits per heavy atom. The van der Waals surface area contributed by atoms with E-state index in [9.17, 15) is 19.2 Å². The van der Waals surface area contributed by atoms with Crippen LogP contribution in [0.1, 0.15) is 69.9 Å². The summed E-state index contributed by atoms with van der Waals surface area (Å²) in [7, 11) is 0. The van der Waals surface area contributed by atoms with Gasteiger partial charge in [-0.1, -0.05) is 11.3 Å². The summed E-state index contributed by atoms with van der Waals surface area (Å²) < 4.78 is 1.52. The molecular formula is C26H25N7O4. The summed E-state index contributed by atoms with van der Waals surface area (Å²) in [5, 5.41) is 10.6. The van der Waals surface area contributed by atoms with Gasteiger partial charge in [0.15, 0.2) is 5.69 Å². The van der Waals surface area contributed by atoms with Gasteiger partial charge in [0.2, 0.25) is 11.8 Å². The van der Waals surface area contributed by atoms with Crippen LogP contribution < -0.4 is 5.32 Å². The maximum atomic E-state index is 13.4. The number of imide groups is 1. The molecule has 0 radical (unpaired) electrons. The van der Waals surface area contributed by atoms with Gasteiger partial charge in [0.1, 0.15) is 6.04 Å². The smallest absolute Gasteiger partial charge is 0.276 e. The molecule has 11 nitrogen and oxygen atoms in total. The molecule has 1 N–H and O–H groups in total. The standard InChI is InChI=1S/C26H25N7O4/c1-15-18-4-2-10-27-20(18)5-3-11-31(15)26(37)21-14-33(30-29-21)17-6-7-19-16(12-17)13-32(25(19)36)22-8-9-23(34)28-24(22)35/h2,4,6-7,10,12,14-15,22H,3,5,8-9,11,13H2,1H3,(H,28,34,35). The molecule has 37 heavy (non-hydrogen) atoms. The molecule has 0 saturated carbocycles. The Kier molecular flexibility index (Phi) is 5.54. The first-order valence-electron chi connectivity index (χ1n) is 12.4. The quantitative estimate of drug-likeness (QED) is 0.542. The van der Waals surface area contributed by atoms with Gasteiger partial charge >= 0.3 is 0 Å². The van der Waals surface area contributed by atoms with Crippen LogP contribution in [-0.2, 0) is 22.6 Å². The molecule has 188 valence electrons. The number of nitrogens with zero attached hydrogens (tertiary/aromatic N) is 6. The lowest BCUT2D eigenvalue weighted by molar-refractivity contribution is -0.136. The van der Waals surface area contributed by atoms with E-state index in [0.717, 1.165) is 29.7 Å². The number of benzene rings is 1. The number of aromatic nitrogens is 4. The molecule has 0 spiro atoms. The normalized spacial score (nSPS) is 21.4. The molecule has 1 aromatic carbocycles. The number of amides is 4. The van der Waals surface area contributed by atoms with Crippen LogP contribution in [-0.4, -0.2) is 66.0 Å². The number of piperidine rings is 1. The van der Waals surface area contributed by atoms with Crippen molar-refractivity contribution in [2.45, 2.75) is 51.2 Å². The number of hydrogen-bond acceptors (Lipinski definition) is 7. The first-order valence-corrected chi connectivity index (χ1v) is 12.4. The molecule has 3 aliphatic rings. The summed E-state index contributed by atoms with van der Waals surface area (Å²) in [6.07, 6.45) is 5.53. The lowest BCUT2D eigenvalue weighted by atomic mass is 10.0. The summed E-state index contributed by atoms with van der Waals surface area (Å²) in [5.74, 6) is -1.20. The van der Waals surface area contributed by atoms with Gasteiger partial charge in [0, 0.05) is 37.0 Å². The Hall–Kier alpha value is -4.41. The molecule has 2 atom stereocenters. The predicted octanol–water partition coefficient (Wildman–Crippen LogP) is 1.57. The molecule has 1 saturated heterocycles. The van der Waals surface area contributed by atoms with Crippen molar-refractivity contribution in [1.82, 2.24) is 35.1 Å². The first kappa shape index (κ1) is 23.0. The van der Waals surface area contributed by atoms with Crippen molar-refractivity contribution >= 4 is 23.6 Å². The van der Waals surface area contributed by atoms with Gasteiger partial charge in [0.05, 0.1) is 17.9 Å². The SMILES string of the molecule is CC1c2cccnc2CCCN1C(=O)c1cn(-c2ccc3c(c2)CN(C2CCC(=O)NC2=O)C3=O)nn1. The third-order valence-corrected chi connectivity index (χ3v) is 7.40. The number of hydrogen-bond donors (Lipinski definition) is 1. The largest absolute Gasteiger partial charge is 0.330 e. The van der Waals surface area contributed by atoms with Gasteiger partial charge in [-0.2, -0.15) is 0 Å². The van der Waals surface area contributed by atoms with E-state index in [1.807, 2.05) is 25.1 Å².